The molecule has 1 aromatic carbocycles. The molecule has 0 aliphatic heterocycles. The number of nitrogens with one attached hydrogen (secondary N) is 2. The molecule has 7 heteroatoms. The van der Waals surface area contributed by atoms with Gasteiger partial charge in [0.05, 0.1) is 6.42 Å². The Bertz CT molecular complexity index is 576. The summed E-state index contributed by atoms with van der Waals surface area (Å²) in [4.78, 5) is 32.8. The first-order valence-corrected chi connectivity index (χ1v) is 5.51. The summed E-state index contributed by atoms with van der Waals surface area (Å²) in [6.45, 7) is 0. The van der Waals surface area contributed by atoms with Crippen LogP contribution in [0.3, 0.4) is 0 Å². The second-order valence-corrected chi connectivity index (χ2v) is 3.81. The van der Waals surface area contributed by atoms with Crippen molar-refractivity contribution < 1.29 is 24.6 Å². The molecule has 7 nitrogen and oxygen atoms in total. The van der Waals surface area contributed by atoms with Crippen molar-refractivity contribution in [2.75, 3.05) is 5.32 Å². The number of carboxylic acids is 2. The third-order valence-corrected chi connectivity index (χ3v) is 2.27. The fourth-order valence-corrected chi connectivity index (χ4v) is 1.39. The van der Waals surface area contributed by atoms with Gasteiger partial charge in [0, 0.05) is 11.3 Å². The van der Waals surface area contributed by atoms with E-state index in [-0.39, 0.29) is 0 Å². The summed E-state index contributed by atoms with van der Waals surface area (Å²) in [5, 5.41) is 21.8. The third kappa shape index (κ3) is 4.70. The number of terminal acetylenes is 1. The molecular weight excluding hydrogens is 264 g/mol. The van der Waals surface area contributed by atoms with E-state index in [9.17, 15) is 14.4 Å². The molecule has 20 heavy (non-hydrogen) atoms. The van der Waals surface area contributed by atoms with Gasteiger partial charge >= 0.3 is 18.0 Å². The van der Waals surface area contributed by atoms with Gasteiger partial charge in [-0.3, -0.25) is 4.79 Å². The zero-order valence-electron chi connectivity index (χ0n) is 10.3. The number of carboxylic acid groups (broad SMARTS) is 2. The zero-order valence-corrected chi connectivity index (χ0v) is 10.3. The van der Waals surface area contributed by atoms with Crippen molar-refractivity contribution >= 4 is 23.7 Å². The van der Waals surface area contributed by atoms with Crippen molar-refractivity contribution in [2.24, 2.45) is 0 Å². The molecule has 4 N–H and O–H groups in total. The van der Waals surface area contributed by atoms with Gasteiger partial charge in [-0.2, -0.15) is 0 Å². The van der Waals surface area contributed by atoms with E-state index < -0.39 is 30.4 Å². The molecule has 0 aliphatic rings. The van der Waals surface area contributed by atoms with Gasteiger partial charge in [-0.25, -0.2) is 9.59 Å². The lowest BCUT2D eigenvalue weighted by atomic mass is 10.2. The first-order chi connectivity index (χ1) is 9.42. The first-order valence-electron chi connectivity index (χ1n) is 5.51. The van der Waals surface area contributed by atoms with Gasteiger partial charge in [0.15, 0.2) is 0 Å². The van der Waals surface area contributed by atoms with Crippen molar-refractivity contribution in [3.63, 3.8) is 0 Å². The fourth-order valence-electron chi connectivity index (χ4n) is 1.39. The zero-order chi connectivity index (χ0) is 15.1. The standard InChI is InChI=1S/C13H12N2O5/c1-2-8-4-3-5-9(6-8)14-13(20)15-10(12(18)19)7-11(16)17/h1,3-6,10H,7H2,(H,16,17)(H,18,19)(H2,14,15,20)/t10-/m1/s1. The Morgan fingerprint density at radius 1 is 1.30 bits per heavy atom. The lowest BCUT2D eigenvalue weighted by Gasteiger charge is -2.13. The van der Waals surface area contributed by atoms with Crippen LogP contribution in [0.2, 0.25) is 0 Å². The molecule has 0 heterocycles. The van der Waals surface area contributed by atoms with Crippen LogP contribution in [-0.2, 0) is 9.59 Å². The van der Waals surface area contributed by atoms with Gasteiger partial charge in [0.1, 0.15) is 6.04 Å². The Labute approximate surface area is 114 Å². The number of benzene rings is 1. The van der Waals surface area contributed by atoms with Crippen LogP contribution in [0, 0.1) is 12.3 Å². The molecule has 0 bridgehead atoms. The number of amides is 2. The highest BCUT2D eigenvalue weighted by Crippen LogP contribution is 2.09. The van der Waals surface area contributed by atoms with Gasteiger partial charge in [0.25, 0.3) is 0 Å². The number of hydrogen-bond donors (Lipinski definition) is 4. The number of rotatable bonds is 5. The van der Waals surface area contributed by atoms with Crippen molar-refractivity contribution in [3.8, 4) is 12.3 Å². The van der Waals surface area contributed by atoms with Gasteiger partial charge in [-0.15, -0.1) is 6.42 Å². The van der Waals surface area contributed by atoms with Crippen LogP contribution in [-0.4, -0.2) is 34.2 Å². The third-order valence-electron chi connectivity index (χ3n) is 2.27. The topological polar surface area (TPSA) is 116 Å². The predicted molar refractivity (Wildman–Crippen MR) is 70.2 cm³/mol. The average molecular weight is 276 g/mol. The molecule has 0 unspecified atom stereocenters. The lowest BCUT2D eigenvalue weighted by Crippen LogP contribution is -2.44. The highest BCUT2D eigenvalue weighted by molar-refractivity contribution is 5.93. The molecular formula is C13H12N2O5. The summed E-state index contributed by atoms with van der Waals surface area (Å²) < 4.78 is 0. The second kappa shape index (κ2) is 6.80. The highest BCUT2D eigenvalue weighted by Gasteiger charge is 2.22. The van der Waals surface area contributed by atoms with E-state index in [0.717, 1.165) is 0 Å². The number of aliphatic carboxylic acids is 2. The van der Waals surface area contributed by atoms with Crippen LogP contribution in [0.4, 0.5) is 10.5 Å². The Balaban J connectivity index is 2.68. The van der Waals surface area contributed by atoms with E-state index in [0.29, 0.717) is 11.3 Å². The van der Waals surface area contributed by atoms with Gasteiger partial charge in [-0.1, -0.05) is 12.0 Å². The molecule has 0 spiro atoms. The van der Waals surface area contributed by atoms with E-state index in [4.69, 9.17) is 16.6 Å². The highest BCUT2D eigenvalue weighted by atomic mass is 16.4. The minimum atomic E-state index is -1.51. The maximum Gasteiger partial charge on any atom is 0.326 e. The van der Waals surface area contributed by atoms with E-state index >= 15 is 0 Å². The second-order valence-electron chi connectivity index (χ2n) is 3.81. The number of urea groups is 1. The van der Waals surface area contributed by atoms with Crippen molar-refractivity contribution in [1.82, 2.24) is 5.32 Å². The summed E-state index contributed by atoms with van der Waals surface area (Å²) in [7, 11) is 0. The summed E-state index contributed by atoms with van der Waals surface area (Å²) >= 11 is 0. The Morgan fingerprint density at radius 3 is 2.55 bits per heavy atom. The number of carbonyl (C=O) groups excluding carboxylic acids is 1. The van der Waals surface area contributed by atoms with Crippen LogP contribution in [0.5, 0.6) is 0 Å². The Morgan fingerprint density at radius 2 is 2.00 bits per heavy atom. The molecule has 0 saturated carbocycles. The predicted octanol–water partition coefficient (Wildman–Crippen LogP) is 0.717. The van der Waals surface area contributed by atoms with Crippen LogP contribution in [0.15, 0.2) is 24.3 Å². The van der Waals surface area contributed by atoms with Crippen LogP contribution < -0.4 is 10.6 Å². The smallest absolute Gasteiger partial charge is 0.326 e. The molecule has 104 valence electrons. The monoisotopic (exact) mass is 276 g/mol. The van der Waals surface area contributed by atoms with E-state index in [1.807, 2.05) is 0 Å². The molecule has 1 aromatic rings. The molecule has 1 atom stereocenters. The average Bonchev–Trinajstić information content (AvgIpc) is 2.37. The number of hydrogen-bond acceptors (Lipinski definition) is 3. The summed E-state index contributed by atoms with van der Waals surface area (Å²) in [6.07, 6.45) is 4.49. The van der Waals surface area contributed by atoms with Crippen molar-refractivity contribution in [1.29, 1.82) is 0 Å². The van der Waals surface area contributed by atoms with Crippen molar-refractivity contribution in [2.45, 2.75) is 12.5 Å². The molecule has 0 fully saturated rings. The maximum atomic E-state index is 11.6. The van der Waals surface area contributed by atoms with Crippen LogP contribution >= 0.6 is 0 Å². The molecule has 1 rings (SSSR count). The van der Waals surface area contributed by atoms with Crippen molar-refractivity contribution in [3.05, 3.63) is 29.8 Å². The maximum absolute atomic E-state index is 11.6. The lowest BCUT2D eigenvalue weighted by molar-refractivity contribution is -0.145. The molecule has 0 saturated heterocycles. The minimum absolute atomic E-state index is 0.373. The van der Waals surface area contributed by atoms with Gasteiger partial charge in [-0.05, 0) is 18.2 Å². The fraction of sp³-hybridized carbons (Fsp3) is 0.154. The molecule has 0 aliphatic carbocycles. The van der Waals surface area contributed by atoms with Gasteiger partial charge < -0.3 is 20.8 Å². The van der Waals surface area contributed by atoms with Crippen LogP contribution in [0.1, 0.15) is 12.0 Å². The van der Waals surface area contributed by atoms with E-state index in [2.05, 4.69) is 16.6 Å². The van der Waals surface area contributed by atoms with Gasteiger partial charge in [0.2, 0.25) is 0 Å². The van der Waals surface area contributed by atoms with E-state index in [1.54, 1.807) is 18.2 Å². The summed E-state index contributed by atoms with van der Waals surface area (Å²) in [5.41, 5.74) is 0.917. The Kier molecular flexibility index (Phi) is 5.12. The number of anilines is 1. The SMILES string of the molecule is C#Cc1cccc(NC(=O)N[C@H](CC(=O)O)C(=O)O)c1. The number of carbonyl (C=O) groups is 3. The first kappa shape index (κ1) is 15.0. The Hall–Kier alpha value is -3.01. The molecule has 2 amide bonds. The summed E-state index contributed by atoms with van der Waals surface area (Å²) in [5.74, 6) is -0.375. The normalized spacial score (nSPS) is 10.9. The van der Waals surface area contributed by atoms with E-state index in [1.165, 1.54) is 6.07 Å². The quantitative estimate of drug-likeness (QED) is 0.591. The van der Waals surface area contributed by atoms with Crippen LogP contribution in [0.25, 0.3) is 0 Å². The largest absolute Gasteiger partial charge is 0.481 e. The molecule has 0 radical (unpaired) electrons. The minimum Gasteiger partial charge on any atom is -0.481 e. The molecule has 0 aromatic heterocycles. The summed E-state index contributed by atoms with van der Waals surface area (Å²) in [6, 6.07) is 4.03.